The van der Waals surface area contributed by atoms with E-state index in [4.69, 9.17) is 0 Å². The molecule has 4 rings (SSSR count). The van der Waals surface area contributed by atoms with Crippen molar-refractivity contribution >= 4 is 40.3 Å². The Morgan fingerprint density at radius 3 is 2.66 bits per heavy atom. The number of nitro benzene ring substituents is 1. The number of aromatic nitrogens is 2. The topological polar surface area (TPSA) is 123 Å². The predicted molar refractivity (Wildman–Crippen MR) is 121 cm³/mol. The normalized spacial score (nSPS) is 11.2. The zero-order valence-electron chi connectivity index (χ0n) is 16.8. The van der Waals surface area contributed by atoms with Crippen molar-refractivity contribution in [1.29, 1.82) is 0 Å². The number of nitrogens with zero attached hydrogens (tertiary/aromatic N) is 4. The van der Waals surface area contributed by atoms with Crippen molar-refractivity contribution in [2.45, 2.75) is 10.1 Å². The van der Waals surface area contributed by atoms with Crippen LogP contribution in [-0.2, 0) is 7.05 Å². The molecule has 0 aliphatic carbocycles. The Morgan fingerprint density at radius 2 is 1.97 bits per heavy atom. The monoisotopic (exact) mass is 447 g/mol. The van der Waals surface area contributed by atoms with Crippen molar-refractivity contribution in [3.05, 3.63) is 88.2 Å². The van der Waals surface area contributed by atoms with Crippen LogP contribution in [0.25, 0.3) is 10.8 Å². The largest absolute Gasteiger partial charge is 0.507 e. The number of nitrogens with one attached hydrogen (secondary N) is 1. The molecule has 0 bridgehead atoms. The molecule has 4 aromatic rings. The highest BCUT2D eigenvalue weighted by Gasteiger charge is 2.17. The quantitative estimate of drug-likeness (QED) is 0.261. The van der Waals surface area contributed by atoms with E-state index in [9.17, 15) is 20.0 Å². The number of hydrogen-bond acceptors (Lipinski definition) is 7. The van der Waals surface area contributed by atoms with Crippen LogP contribution in [0.1, 0.15) is 15.9 Å². The number of phenols is 1. The molecule has 1 amide bonds. The van der Waals surface area contributed by atoms with E-state index in [1.807, 2.05) is 24.3 Å². The number of benzene rings is 3. The Bertz CT molecular complexity index is 1370. The molecule has 0 fully saturated rings. The van der Waals surface area contributed by atoms with Gasteiger partial charge in [-0.05, 0) is 40.7 Å². The summed E-state index contributed by atoms with van der Waals surface area (Å²) in [5.74, 6) is -0.760. The molecule has 0 unspecified atom stereocenters. The standard InChI is InChI=1S/C22H17N5O4S/c1-26-9-8-23-22(26)32-20-7-6-14(10-18(20)27(30)31)13-24-25-21(29)17-11-15-4-2-3-5-16(15)12-19(17)28/h2-13,28H,1H3,(H,25,29)/b24-13-. The minimum Gasteiger partial charge on any atom is -0.507 e. The van der Waals surface area contributed by atoms with Crippen LogP contribution < -0.4 is 5.43 Å². The molecule has 0 atom stereocenters. The lowest BCUT2D eigenvalue weighted by atomic mass is 10.1. The van der Waals surface area contributed by atoms with Crippen LogP contribution in [0, 0.1) is 10.1 Å². The molecule has 32 heavy (non-hydrogen) atoms. The van der Waals surface area contributed by atoms with E-state index in [0.29, 0.717) is 15.6 Å². The van der Waals surface area contributed by atoms with Gasteiger partial charge < -0.3 is 9.67 Å². The summed E-state index contributed by atoms with van der Waals surface area (Å²) in [5.41, 5.74) is 2.76. The number of imidazole rings is 1. The molecule has 0 spiro atoms. The number of fused-ring (bicyclic) bond motifs is 1. The second kappa shape index (κ2) is 8.90. The van der Waals surface area contributed by atoms with Crippen molar-refractivity contribution in [2.24, 2.45) is 12.1 Å². The first-order valence-electron chi connectivity index (χ1n) is 9.41. The molecular weight excluding hydrogens is 430 g/mol. The van der Waals surface area contributed by atoms with Crippen molar-refractivity contribution < 1.29 is 14.8 Å². The van der Waals surface area contributed by atoms with Crippen LogP contribution in [0.4, 0.5) is 5.69 Å². The highest BCUT2D eigenvalue weighted by Crippen LogP contribution is 2.34. The molecule has 1 heterocycles. The summed E-state index contributed by atoms with van der Waals surface area (Å²) >= 11 is 1.18. The highest BCUT2D eigenvalue weighted by molar-refractivity contribution is 7.99. The second-order valence-electron chi connectivity index (χ2n) is 6.82. The summed E-state index contributed by atoms with van der Waals surface area (Å²) in [7, 11) is 1.80. The molecule has 9 nitrogen and oxygen atoms in total. The Labute approximate surface area is 186 Å². The van der Waals surface area contributed by atoms with Gasteiger partial charge in [-0.25, -0.2) is 10.4 Å². The van der Waals surface area contributed by atoms with Crippen LogP contribution in [0.5, 0.6) is 5.75 Å². The number of phenolic OH excluding ortho intramolecular Hbond substituents is 1. The summed E-state index contributed by atoms with van der Waals surface area (Å²) in [6.45, 7) is 0. The van der Waals surface area contributed by atoms with Crippen molar-refractivity contribution in [3.8, 4) is 5.75 Å². The van der Waals surface area contributed by atoms with Crippen LogP contribution in [0.2, 0.25) is 0 Å². The van der Waals surface area contributed by atoms with Crippen LogP contribution in [-0.4, -0.2) is 31.7 Å². The number of aromatic hydroxyl groups is 1. The minimum atomic E-state index is -0.596. The number of hydrogen-bond donors (Lipinski definition) is 2. The van der Waals surface area contributed by atoms with E-state index in [2.05, 4.69) is 15.5 Å². The maximum Gasteiger partial charge on any atom is 0.283 e. The number of nitro groups is 1. The van der Waals surface area contributed by atoms with Gasteiger partial charge in [-0.2, -0.15) is 5.10 Å². The average molecular weight is 447 g/mol. The van der Waals surface area contributed by atoms with Crippen LogP contribution in [0.3, 0.4) is 0 Å². The van der Waals surface area contributed by atoms with Gasteiger partial charge in [-0.3, -0.25) is 14.9 Å². The number of aryl methyl sites for hydroxylation is 1. The van der Waals surface area contributed by atoms with Gasteiger partial charge in [0, 0.05) is 31.1 Å². The molecule has 160 valence electrons. The minimum absolute atomic E-state index is 0.0775. The Hall–Kier alpha value is -4.18. The summed E-state index contributed by atoms with van der Waals surface area (Å²) in [4.78, 5) is 28.1. The Kier molecular flexibility index (Phi) is 5.86. The third-order valence-corrected chi connectivity index (χ3v) is 5.79. The number of carbonyl (C=O) groups is 1. The van der Waals surface area contributed by atoms with Crippen LogP contribution in [0.15, 0.2) is 82.1 Å². The molecule has 0 radical (unpaired) electrons. The number of carbonyl (C=O) groups excluding carboxylic acids is 1. The predicted octanol–water partition coefficient (Wildman–Crippen LogP) is 4.10. The molecule has 0 saturated heterocycles. The van der Waals surface area contributed by atoms with Gasteiger partial charge in [0.05, 0.1) is 21.6 Å². The van der Waals surface area contributed by atoms with Crippen molar-refractivity contribution in [2.75, 3.05) is 0 Å². The van der Waals surface area contributed by atoms with E-state index >= 15 is 0 Å². The van der Waals surface area contributed by atoms with Crippen molar-refractivity contribution in [1.82, 2.24) is 15.0 Å². The first-order chi connectivity index (χ1) is 15.4. The lowest BCUT2D eigenvalue weighted by molar-refractivity contribution is -0.387. The second-order valence-corrected chi connectivity index (χ2v) is 7.83. The first kappa shape index (κ1) is 21.1. The molecule has 2 N–H and O–H groups in total. The number of amides is 1. The fourth-order valence-electron chi connectivity index (χ4n) is 3.03. The molecule has 0 aliphatic rings. The summed E-state index contributed by atoms with van der Waals surface area (Å²) < 4.78 is 1.77. The van der Waals surface area contributed by atoms with Gasteiger partial charge >= 0.3 is 0 Å². The summed E-state index contributed by atoms with van der Waals surface area (Å²) in [5, 5.41) is 27.8. The smallest absolute Gasteiger partial charge is 0.283 e. The Morgan fingerprint density at radius 1 is 1.22 bits per heavy atom. The molecule has 10 heteroatoms. The molecule has 0 aliphatic heterocycles. The van der Waals surface area contributed by atoms with Gasteiger partial charge in [0.15, 0.2) is 5.16 Å². The van der Waals surface area contributed by atoms with E-state index in [1.165, 1.54) is 30.1 Å². The van der Waals surface area contributed by atoms with Gasteiger partial charge in [-0.15, -0.1) is 0 Å². The van der Waals surface area contributed by atoms with E-state index in [-0.39, 0.29) is 17.0 Å². The van der Waals surface area contributed by atoms with E-state index < -0.39 is 10.8 Å². The maximum absolute atomic E-state index is 12.4. The zero-order chi connectivity index (χ0) is 22.7. The molecule has 3 aromatic carbocycles. The van der Waals surface area contributed by atoms with Gasteiger partial charge in [0.2, 0.25) is 0 Å². The third-order valence-electron chi connectivity index (χ3n) is 4.65. The maximum atomic E-state index is 12.4. The number of rotatable bonds is 6. The first-order valence-corrected chi connectivity index (χ1v) is 10.2. The molecule has 0 saturated carbocycles. The van der Waals surface area contributed by atoms with Crippen LogP contribution >= 0.6 is 11.8 Å². The zero-order valence-corrected chi connectivity index (χ0v) is 17.6. The third kappa shape index (κ3) is 4.44. The number of hydrazone groups is 1. The van der Waals surface area contributed by atoms with Crippen molar-refractivity contribution in [3.63, 3.8) is 0 Å². The van der Waals surface area contributed by atoms with Gasteiger partial charge in [0.1, 0.15) is 5.75 Å². The van der Waals surface area contributed by atoms with Gasteiger partial charge in [0.25, 0.3) is 11.6 Å². The Balaban J connectivity index is 1.51. The average Bonchev–Trinajstić information content (AvgIpc) is 3.18. The lowest BCUT2D eigenvalue weighted by Gasteiger charge is -2.06. The molecular formula is C22H17N5O4S. The SMILES string of the molecule is Cn1ccnc1Sc1ccc(/C=N\NC(=O)c2cc3ccccc3cc2O)cc1[N+](=O)[O-]. The fourth-order valence-corrected chi connectivity index (χ4v) is 3.92. The highest BCUT2D eigenvalue weighted by atomic mass is 32.2. The fraction of sp³-hybridized carbons (Fsp3) is 0.0455. The summed E-state index contributed by atoms with van der Waals surface area (Å²) in [6, 6.07) is 15.0. The lowest BCUT2D eigenvalue weighted by Crippen LogP contribution is -2.17. The van der Waals surface area contributed by atoms with Gasteiger partial charge in [-0.1, -0.05) is 30.3 Å². The molecule has 1 aromatic heterocycles. The van der Waals surface area contributed by atoms with E-state index in [1.54, 1.807) is 42.2 Å². The summed E-state index contributed by atoms with van der Waals surface area (Å²) in [6.07, 6.45) is 4.68. The van der Waals surface area contributed by atoms with E-state index in [0.717, 1.165) is 10.8 Å².